The molecule has 0 amide bonds. The van der Waals surface area contributed by atoms with E-state index < -0.39 is 0 Å². The molecular formula is C10H21NO2. The first-order chi connectivity index (χ1) is 6.36. The van der Waals surface area contributed by atoms with Crippen molar-refractivity contribution in [2.75, 3.05) is 32.8 Å². The largest absolute Gasteiger partial charge is 0.396 e. The summed E-state index contributed by atoms with van der Waals surface area (Å²) in [5.74, 6) is 0. The van der Waals surface area contributed by atoms with E-state index in [0.717, 1.165) is 45.5 Å². The van der Waals surface area contributed by atoms with E-state index >= 15 is 0 Å². The fraction of sp³-hybridized carbons (Fsp3) is 1.00. The number of piperidine rings is 1. The van der Waals surface area contributed by atoms with Crippen molar-refractivity contribution in [3.63, 3.8) is 0 Å². The van der Waals surface area contributed by atoms with Crippen LogP contribution in [0.3, 0.4) is 0 Å². The lowest BCUT2D eigenvalue weighted by Crippen LogP contribution is -2.37. The summed E-state index contributed by atoms with van der Waals surface area (Å²) in [7, 11) is 0. The monoisotopic (exact) mass is 187 g/mol. The predicted octanol–water partition coefficient (Wildman–Crippen LogP) is 0.870. The number of aliphatic hydroxyl groups is 1. The van der Waals surface area contributed by atoms with Crippen molar-refractivity contribution in [3.05, 3.63) is 0 Å². The Kier molecular flexibility index (Phi) is 5.35. The highest BCUT2D eigenvalue weighted by Gasteiger charge is 2.18. The Hall–Kier alpha value is -0.120. The van der Waals surface area contributed by atoms with Crippen molar-refractivity contribution >= 4 is 0 Å². The van der Waals surface area contributed by atoms with E-state index in [4.69, 9.17) is 9.84 Å². The molecule has 78 valence electrons. The summed E-state index contributed by atoms with van der Waals surface area (Å²) >= 11 is 0. The van der Waals surface area contributed by atoms with E-state index in [9.17, 15) is 0 Å². The first-order valence-corrected chi connectivity index (χ1v) is 5.31. The van der Waals surface area contributed by atoms with Gasteiger partial charge in [0.1, 0.15) is 0 Å². The molecule has 13 heavy (non-hydrogen) atoms. The molecule has 0 unspecified atom stereocenters. The highest BCUT2D eigenvalue weighted by molar-refractivity contribution is 4.72. The van der Waals surface area contributed by atoms with Gasteiger partial charge in [0.05, 0.1) is 6.10 Å². The maximum Gasteiger partial charge on any atom is 0.0599 e. The zero-order chi connectivity index (χ0) is 9.52. The fourth-order valence-electron chi connectivity index (χ4n) is 1.83. The van der Waals surface area contributed by atoms with Crippen molar-refractivity contribution in [2.45, 2.75) is 32.3 Å². The van der Waals surface area contributed by atoms with Crippen LogP contribution in [-0.4, -0.2) is 49.0 Å². The fourth-order valence-corrected chi connectivity index (χ4v) is 1.83. The number of hydrogen-bond acceptors (Lipinski definition) is 3. The molecule has 0 spiro atoms. The number of hydrogen-bond donors (Lipinski definition) is 1. The van der Waals surface area contributed by atoms with Crippen LogP contribution in [0.4, 0.5) is 0 Å². The molecule has 3 nitrogen and oxygen atoms in total. The van der Waals surface area contributed by atoms with Crippen molar-refractivity contribution in [2.24, 2.45) is 0 Å². The van der Waals surface area contributed by atoms with Crippen LogP contribution in [0.15, 0.2) is 0 Å². The van der Waals surface area contributed by atoms with Gasteiger partial charge in [0.15, 0.2) is 0 Å². The summed E-state index contributed by atoms with van der Waals surface area (Å²) in [5, 5.41) is 8.68. The average Bonchev–Trinajstić information content (AvgIpc) is 2.17. The van der Waals surface area contributed by atoms with Crippen LogP contribution >= 0.6 is 0 Å². The van der Waals surface area contributed by atoms with Crippen molar-refractivity contribution in [1.82, 2.24) is 4.90 Å². The lowest BCUT2D eigenvalue weighted by Gasteiger charge is -2.31. The van der Waals surface area contributed by atoms with Gasteiger partial charge in [-0.2, -0.15) is 0 Å². The van der Waals surface area contributed by atoms with Crippen LogP contribution in [0.1, 0.15) is 26.2 Å². The zero-order valence-corrected chi connectivity index (χ0v) is 8.54. The van der Waals surface area contributed by atoms with Gasteiger partial charge in [-0.25, -0.2) is 0 Å². The van der Waals surface area contributed by atoms with Gasteiger partial charge in [-0.15, -0.1) is 0 Å². The quantitative estimate of drug-likeness (QED) is 0.693. The Bertz CT molecular complexity index is 122. The summed E-state index contributed by atoms with van der Waals surface area (Å²) in [6.45, 7) is 6.50. The minimum absolute atomic E-state index is 0.311. The third kappa shape index (κ3) is 4.07. The Morgan fingerprint density at radius 2 is 2.08 bits per heavy atom. The summed E-state index contributed by atoms with van der Waals surface area (Å²) in [4.78, 5) is 2.41. The number of rotatable bonds is 5. The van der Waals surface area contributed by atoms with Crippen LogP contribution in [0.2, 0.25) is 0 Å². The topological polar surface area (TPSA) is 32.7 Å². The van der Waals surface area contributed by atoms with E-state index in [1.54, 1.807) is 0 Å². The lowest BCUT2D eigenvalue weighted by molar-refractivity contribution is 0.0133. The van der Waals surface area contributed by atoms with Gasteiger partial charge in [0.25, 0.3) is 0 Å². The van der Waals surface area contributed by atoms with Crippen LogP contribution < -0.4 is 0 Å². The van der Waals surface area contributed by atoms with E-state index in [1.807, 2.05) is 0 Å². The zero-order valence-electron chi connectivity index (χ0n) is 8.54. The second-order valence-corrected chi connectivity index (χ2v) is 3.57. The van der Waals surface area contributed by atoms with Gasteiger partial charge >= 0.3 is 0 Å². The second-order valence-electron chi connectivity index (χ2n) is 3.57. The Morgan fingerprint density at radius 1 is 1.38 bits per heavy atom. The van der Waals surface area contributed by atoms with Crippen molar-refractivity contribution in [3.8, 4) is 0 Å². The molecule has 0 aromatic carbocycles. The number of nitrogens with zero attached hydrogens (tertiary/aromatic N) is 1. The van der Waals surface area contributed by atoms with E-state index in [1.165, 1.54) is 0 Å². The highest BCUT2D eigenvalue weighted by Crippen LogP contribution is 2.13. The van der Waals surface area contributed by atoms with Crippen LogP contribution in [-0.2, 0) is 4.74 Å². The SMILES string of the molecule is CCOC1CCN(CCCO)CC1. The molecule has 0 atom stereocenters. The molecule has 1 aliphatic heterocycles. The maximum atomic E-state index is 8.68. The first kappa shape index (κ1) is 11.0. The average molecular weight is 187 g/mol. The maximum absolute atomic E-state index is 8.68. The van der Waals surface area contributed by atoms with E-state index in [0.29, 0.717) is 12.7 Å². The summed E-state index contributed by atoms with van der Waals surface area (Å²) in [6.07, 6.45) is 3.69. The third-order valence-electron chi connectivity index (χ3n) is 2.57. The molecule has 1 fully saturated rings. The molecule has 0 radical (unpaired) electrons. The van der Waals surface area contributed by atoms with E-state index in [2.05, 4.69) is 11.8 Å². The third-order valence-corrected chi connectivity index (χ3v) is 2.57. The second kappa shape index (κ2) is 6.35. The molecule has 0 saturated carbocycles. The van der Waals surface area contributed by atoms with Crippen LogP contribution in [0.25, 0.3) is 0 Å². The molecule has 0 bridgehead atoms. The molecule has 0 aromatic heterocycles. The summed E-state index contributed by atoms with van der Waals surface area (Å²) in [5.41, 5.74) is 0. The Balaban J connectivity index is 2.08. The molecule has 1 aliphatic rings. The number of ether oxygens (including phenoxy) is 1. The van der Waals surface area contributed by atoms with Crippen molar-refractivity contribution in [1.29, 1.82) is 0 Å². The van der Waals surface area contributed by atoms with Crippen molar-refractivity contribution < 1.29 is 9.84 Å². The molecule has 1 heterocycles. The Labute approximate surface area is 80.7 Å². The lowest BCUT2D eigenvalue weighted by atomic mass is 10.1. The molecule has 3 heteroatoms. The molecule has 0 aromatic rings. The van der Waals surface area contributed by atoms with Gasteiger partial charge in [-0.1, -0.05) is 0 Å². The van der Waals surface area contributed by atoms with Gasteiger partial charge in [-0.05, 0) is 26.2 Å². The van der Waals surface area contributed by atoms with E-state index in [-0.39, 0.29) is 0 Å². The minimum atomic E-state index is 0.311. The predicted molar refractivity (Wildman–Crippen MR) is 52.8 cm³/mol. The van der Waals surface area contributed by atoms with Gasteiger partial charge < -0.3 is 14.7 Å². The van der Waals surface area contributed by atoms with Gasteiger partial charge in [0, 0.05) is 32.8 Å². The highest BCUT2D eigenvalue weighted by atomic mass is 16.5. The number of aliphatic hydroxyl groups excluding tert-OH is 1. The van der Waals surface area contributed by atoms with Gasteiger partial charge in [-0.3, -0.25) is 0 Å². The molecule has 1 rings (SSSR count). The van der Waals surface area contributed by atoms with Gasteiger partial charge in [0.2, 0.25) is 0 Å². The molecular weight excluding hydrogens is 166 g/mol. The molecule has 1 saturated heterocycles. The normalized spacial score (nSPS) is 20.8. The Morgan fingerprint density at radius 3 is 2.62 bits per heavy atom. The standard InChI is InChI=1S/C10H21NO2/c1-2-13-10-4-7-11(8-5-10)6-3-9-12/h10,12H,2-9H2,1H3. The summed E-state index contributed by atoms with van der Waals surface area (Å²) < 4.78 is 5.56. The minimum Gasteiger partial charge on any atom is -0.396 e. The van der Waals surface area contributed by atoms with Crippen LogP contribution in [0.5, 0.6) is 0 Å². The molecule has 1 N–H and O–H groups in total. The first-order valence-electron chi connectivity index (χ1n) is 5.31. The molecule has 0 aliphatic carbocycles. The smallest absolute Gasteiger partial charge is 0.0599 e. The summed E-state index contributed by atoms with van der Waals surface area (Å²) in [6, 6.07) is 0. The number of likely N-dealkylation sites (tertiary alicyclic amines) is 1. The van der Waals surface area contributed by atoms with Crippen LogP contribution in [0, 0.1) is 0 Å².